The smallest absolute Gasteiger partial charge is 0.333 e. The molecule has 7 atom stereocenters. The minimum Gasteiger partial charge on any atom is -0.458 e. The first-order chi connectivity index (χ1) is 14.5. The van der Waals surface area contributed by atoms with Gasteiger partial charge in [-0.15, -0.1) is 0 Å². The number of aliphatic hydroxyl groups excluding tert-OH is 1. The Morgan fingerprint density at radius 3 is 2.61 bits per heavy atom. The number of hydrogen-bond donors (Lipinski definition) is 1. The molecule has 1 N–H and O–H groups in total. The summed E-state index contributed by atoms with van der Waals surface area (Å²) in [6.07, 6.45) is 3.88. The molecule has 0 spiro atoms. The van der Waals surface area contributed by atoms with Crippen molar-refractivity contribution in [1.29, 1.82) is 0 Å². The van der Waals surface area contributed by atoms with E-state index < -0.39 is 23.9 Å². The van der Waals surface area contributed by atoms with Gasteiger partial charge in [-0.25, -0.2) is 4.79 Å². The van der Waals surface area contributed by atoms with Gasteiger partial charge in [0.1, 0.15) is 12.2 Å². The molecule has 0 bridgehead atoms. The molecule has 174 valence electrons. The van der Waals surface area contributed by atoms with Gasteiger partial charge in [-0.05, 0) is 50.0 Å². The zero-order valence-electron chi connectivity index (χ0n) is 19.9. The second-order valence-electron chi connectivity index (χ2n) is 10.4. The average Bonchev–Trinajstić information content (AvgIpc) is 3.11. The molecule has 1 aliphatic heterocycles. The lowest BCUT2D eigenvalue weighted by atomic mass is 9.47. The van der Waals surface area contributed by atoms with Gasteiger partial charge >= 0.3 is 11.9 Å². The molecule has 3 aliphatic rings. The Labute approximate surface area is 186 Å². The highest BCUT2D eigenvalue weighted by atomic mass is 16.6. The van der Waals surface area contributed by atoms with E-state index in [1.165, 1.54) is 0 Å². The molecular weight excluding hydrogens is 396 g/mol. The van der Waals surface area contributed by atoms with Gasteiger partial charge in [-0.2, -0.15) is 0 Å². The summed E-state index contributed by atoms with van der Waals surface area (Å²) in [5, 5.41) is 10.6. The van der Waals surface area contributed by atoms with E-state index in [1.54, 1.807) is 19.9 Å². The van der Waals surface area contributed by atoms with Gasteiger partial charge in [0.05, 0.1) is 12.5 Å². The Bertz CT molecular complexity index is 781. The van der Waals surface area contributed by atoms with Crippen molar-refractivity contribution in [3.8, 4) is 0 Å². The molecule has 2 aliphatic carbocycles. The first-order valence-electron chi connectivity index (χ1n) is 11.5. The third kappa shape index (κ3) is 4.09. The van der Waals surface area contributed by atoms with Crippen molar-refractivity contribution in [2.45, 2.75) is 86.2 Å². The molecule has 6 heteroatoms. The number of allylic oxidation sites excluding steroid dienone is 2. The van der Waals surface area contributed by atoms with Crippen molar-refractivity contribution < 1.29 is 28.9 Å². The van der Waals surface area contributed by atoms with Gasteiger partial charge in [0.15, 0.2) is 6.29 Å². The van der Waals surface area contributed by atoms with Crippen LogP contribution in [0, 0.1) is 28.6 Å². The van der Waals surface area contributed by atoms with Crippen molar-refractivity contribution in [3.05, 3.63) is 23.3 Å². The molecule has 0 aromatic rings. The molecule has 6 nitrogen and oxygen atoms in total. The summed E-state index contributed by atoms with van der Waals surface area (Å²) in [7, 11) is 0. The normalized spacial score (nSPS) is 37.9. The highest BCUT2D eigenvalue weighted by molar-refractivity contribution is 5.87. The lowest BCUT2D eigenvalue weighted by Crippen LogP contribution is -2.62. The van der Waals surface area contributed by atoms with Crippen LogP contribution in [0.15, 0.2) is 23.3 Å². The first-order valence-corrected chi connectivity index (χ1v) is 11.5. The number of hydrogen-bond acceptors (Lipinski definition) is 6. The summed E-state index contributed by atoms with van der Waals surface area (Å²) in [4.78, 5) is 25.5. The number of carbonyl (C=O) groups is 2. The average molecular weight is 435 g/mol. The second-order valence-corrected chi connectivity index (χ2v) is 10.4. The van der Waals surface area contributed by atoms with Crippen LogP contribution in [0.25, 0.3) is 0 Å². The summed E-state index contributed by atoms with van der Waals surface area (Å²) >= 11 is 0. The molecule has 0 aromatic carbocycles. The standard InChI is InChI=1S/C25H38O6/c1-8-14(3)21(26)30-17-12-25(7)18(11-10-16-13-29-23(28)19(16)25)24(5,6)20(17)31-22(27)15(4)9-2/h9-10,14,17-20,23,28H,8,11-13H2,1-7H3/b15-9-/t14?,17-,18+,19?,20+,23-,25+/m1/s1. The minimum atomic E-state index is -0.870. The van der Waals surface area contributed by atoms with Crippen molar-refractivity contribution in [2.75, 3.05) is 6.61 Å². The number of rotatable bonds is 5. The molecule has 31 heavy (non-hydrogen) atoms. The van der Waals surface area contributed by atoms with Gasteiger partial charge in [0.2, 0.25) is 0 Å². The fraction of sp³-hybridized carbons (Fsp3) is 0.760. The molecule has 0 radical (unpaired) electrons. The molecule has 0 amide bonds. The van der Waals surface area contributed by atoms with Crippen LogP contribution in [0.2, 0.25) is 0 Å². The van der Waals surface area contributed by atoms with Crippen molar-refractivity contribution >= 4 is 11.9 Å². The zero-order chi connectivity index (χ0) is 23.1. The van der Waals surface area contributed by atoms with Crippen LogP contribution in [-0.2, 0) is 23.8 Å². The molecule has 0 aromatic heterocycles. The van der Waals surface area contributed by atoms with E-state index in [0.29, 0.717) is 25.0 Å². The number of ether oxygens (including phenoxy) is 3. The highest BCUT2D eigenvalue weighted by Gasteiger charge is 2.63. The monoisotopic (exact) mass is 434 g/mol. The quantitative estimate of drug-likeness (QED) is 0.397. The van der Waals surface area contributed by atoms with Crippen LogP contribution in [-0.4, -0.2) is 42.1 Å². The maximum absolute atomic E-state index is 12.8. The van der Waals surface area contributed by atoms with E-state index in [1.807, 2.05) is 13.8 Å². The van der Waals surface area contributed by atoms with Crippen molar-refractivity contribution in [3.63, 3.8) is 0 Å². The molecule has 2 fully saturated rings. The Hall–Kier alpha value is -1.66. The molecule has 1 saturated heterocycles. The predicted molar refractivity (Wildman–Crippen MR) is 117 cm³/mol. The highest BCUT2D eigenvalue weighted by Crippen LogP contribution is 2.62. The number of fused-ring (bicyclic) bond motifs is 3. The number of aliphatic hydroxyl groups is 1. The van der Waals surface area contributed by atoms with E-state index in [9.17, 15) is 14.7 Å². The van der Waals surface area contributed by atoms with Gasteiger partial charge in [0, 0.05) is 16.9 Å². The van der Waals surface area contributed by atoms with E-state index in [0.717, 1.165) is 12.0 Å². The number of carbonyl (C=O) groups excluding carboxylic acids is 2. The molecule has 1 saturated carbocycles. The van der Waals surface area contributed by atoms with Crippen LogP contribution < -0.4 is 0 Å². The van der Waals surface area contributed by atoms with Crippen LogP contribution in [0.5, 0.6) is 0 Å². The lowest BCUT2D eigenvalue weighted by molar-refractivity contribution is -0.223. The Balaban J connectivity index is 2.01. The Kier molecular flexibility index (Phi) is 6.73. The van der Waals surface area contributed by atoms with Crippen LogP contribution in [0.1, 0.15) is 67.7 Å². The summed E-state index contributed by atoms with van der Waals surface area (Å²) in [6.45, 7) is 14.1. The van der Waals surface area contributed by atoms with E-state index in [4.69, 9.17) is 14.2 Å². The maximum Gasteiger partial charge on any atom is 0.333 e. The maximum atomic E-state index is 12.8. The van der Waals surface area contributed by atoms with Crippen LogP contribution >= 0.6 is 0 Å². The third-order valence-electron chi connectivity index (χ3n) is 8.11. The third-order valence-corrected chi connectivity index (χ3v) is 8.11. The Morgan fingerprint density at radius 2 is 2.00 bits per heavy atom. The summed E-state index contributed by atoms with van der Waals surface area (Å²) in [5.74, 6) is -0.907. The van der Waals surface area contributed by atoms with Gasteiger partial charge in [0.25, 0.3) is 0 Å². The first kappa shape index (κ1) is 24.0. The van der Waals surface area contributed by atoms with Gasteiger partial charge in [-0.1, -0.05) is 46.8 Å². The zero-order valence-corrected chi connectivity index (χ0v) is 19.9. The fourth-order valence-electron chi connectivity index (χ4n) is 5.97. The van der Waals surface area contributed by atoms with Crippen molar-refractivity contribution in [1.82, 2.24) is 0 Å². The minimum absolute atomic E-state index is 0.132. The molecular formula is C25H38O6. The molecule has 3 rings (SSSR count). The number of esters is 2. The summed E-state index contributed by atoms with van der Waals surface area (Å²) < 4.78 is 17.6. The SMILES string of the molecule is C/C=C(/C)C(=O)O[C@H]1[C@H](OC(=O)C(C)CC)C[C@]2(C)C3C(=CC[C@H]2C1(C)C)CO[C@H]3O. The van der Waals surface area contributed by atoms with E-state index in [-0.39, 0.29) is 35.1 Å². The molecule has 2 unspecified atom stereocenters. The van der Waals surface area contributed by atoms with Gasteiger partial charge < -0.3 is 19.3 Å². The molecule has 1 heterocycles. The van der Waals surface area contributed by atoms with Crippen LogP contribution in [0.3, 0.4) is 0 Å². The summed E-state index contributed by atoms with van der Waals surface area (Å²) in [6, 6.07) is 0. The fourth-order valence-corrected chi connectivity index (χ4v) is 5.97. The van der Waals surface area contributed by atoms with E-state index in [2.05, 4.69) is 26.8 Å². The van der Waals surface area contributed by atoms with Gasteiger partial charge in [-0.3, -0.25) is 4.79 Å². The Morgan fingerprint density at radius 1 is 1.32 bits per heavy atom. The van der Waals surface area contributed by atoms with E-state index >= 15 is 0 Å². The largest absolute Gasteiger partial charge is 0.458 e. The lowest BCUT2D eigenvalue weighted by Gasteiger charge is -2.59. The second kappa shape index (κ2) is 8.70. The topological polar surface area (TPSA) is 82.1 Å². The predicted octanol–water partition coefficient (Wildman–Crippen LogP) is 4.17. The van der Waals surface area contributed by atoms with Crippen LogP contribution in [0.4, 0.5) is 0 Å². The van der Waals surface area contributed by atoms with Crippen molar-refractivity contribution in [2.24, 2.45) is 28.6 Å². The summed E-state index contributed by atoms with van der Waals surface area (Å²) in [5.41, 5.74) is 0.833.